The Morgan fingerprint density at radius 3 is 2.50 bits per heavy atom. The average molecular weight is 406 g/mol. The predicted molar refractivity (Wildman–Crippen MR) is 114 cm³/mol. The minimum atomic E-state index is -0.0702. The number of hydrogen-bond donors (Lipinski definition) is 1. The van der Waals surface area contributed by atoms with Gasteiger partial charge in [0.05, 0.1) is 23.8 Å². The third-order valence-corrected chi connectivity index (χ3v) is 6.37. The minimum Gasteiger partial charge on any atom is -0.399 e. The fourth-order valence-electron chi connectivity index (χ4n) is 4.83. The van der Waals surface area contributed by atoms with E-state index in [1.807, 2.05) is 35.1 Å². The normalized spacial score (nSPS) is 26.4. The summed E-state index contributed by atoms with van der Waals surface area (Å²) in [5.41, 5.74) is 8.39. The third kappa shape index (κ3) is 3.11. The first-order valence-corrected chi connectivity index (χ1v) is 10.9. The molecule has 0 aliphatic carbocycles. The standard InChI is InChI=1S/C22H26N6O2/c23-15-6-4-14(5-7-15)20-25-21(27-12-16-8-9-17(13-27)30-16)18-11-24-28(22(18)26-20)19-3-1-2-10-29-19/h4-7,11,16-17,19H,1-3,8-10,12-13,23H2. The molecule has 3 unspecified atom stereocenters. The molecule has 0 amide bonds. The Kier molecular flexibility index (Phi) is 4.35. The van der Waals surface area contributed by atoms with Gasteiger partial charge in [-0.05, 0) is 56.4 Å². The predicted octanol–water partition coefficient (Wildman–Crippen LogP) is 3.14. The second-order valence-electron chi connectivity index (χ2n) is 8.50. The zero-order chi connectivity index (χ0) is 20.1. The van der Waals surface area contributed by atoms with Gasteiger partial charge in [-0.1, -0.05) is 0 Å². The molecule has 3 aromatic rings. The van der Waals surface area contributed by atoms with E-state index in [0.717, 1.165) is 79.9 Å². The number of rotatable bonds is 3. The van der Waals surface area contributed by atoms with E-state index >= 15 is 0 Å². The molecule has 3 saturated heterocycles. The summed E-state index contributed by atoms with van der Waals surface area (Å²) in [6.45, 7) is 2.48. The Bertz CT molecular complexity index is 1050. The SMILES string of the molecule is Nc1ccc(-c2nc(N3CC4CCC(C3)O4)c3cnn(C4CCCCO4)c3n2)cc1. The molecule has 30 heavy (non-hydrogen) atoms. The van der Waals surface area contributed by atoms with Gasteiger partial charge in [0.1, 0.15) is 5.82 Å². The molecule has 1 aromatic carbocycles. The number of nitrogens with two attached hydrogens (primary N) is 1. The number of fused-ring (bicyclic) bond motifs is 3. The lowest BCUT2D eigenvalue weighted by Gasteiger charge is -2.33. The van der Waals surface area contributed by atoms with Crippen molar-refractivity contribution < 1.29 is 9.47 Å². The third-order valence-electron chi connectivity index (χ3n) is 6.37. The van der Waals surface area contributed by atoms with E-state index in [-0.39, 0.29) is 18.4 Å². The monoisotopic (exact) mass is 406 g/mol. The Morgan fingerprint density at radius 1 is 0.967 bits per heavy atom. The molecule has 3 fully saturated rings. The van der Waals surface area contributed by atoms with Crippen LogP contribution in [0.1, 0.15) is 38.3 Å². The molecule has 3 aliphatic rings. The largest absolute Gasteiger partial charge is 0.399 e. The van der Waals surface area contributed by atoms with Crippen LogP contribution in [-0.2, 0) is 9.47 Å². The van der Waals surface area contributed by atoms with Gasteiger partial charge in [-0.3, -0.25) is 0 Å². The van der Waals surface area contributed by atoms with Crippen molar-refractivity contribution in [2.24, 2.45) is 0 Å². The summed E-state index contributed by atoms with van der Waals surface area (Å²) >= 11 is 0. The first-order valence-electron chi connectivity index (χ1n) is 10.9. The first-order chi connectivity index (χ1) is 14.7. The van der Waals surface area contributed by atoms with E-state index in [4.69, 9.17) is 25.2 Å². The van der Waals surface area contributed by atoms with Crippen LogP contribution in [-0.4, -0.2) is 51.7 Å². The summed E-state index contributed by atoms with van der Waals surface area (Å²) in [7, 11) is 0. The lowest BCUT2D eigenvalue weighted by molar-refractivity contribution is -0.0370. The molecule has 6 rings (SSSR count). The quantitative estimate of drug-likeness (QED) is 0.668. The highest BCUT2D eigenvalue weighted by molar-refractivity contribution is 5.89. The molecule has 3 aliphatic heterocycles. The molecule has 2 bridgehead atoms. The van der Waals surface area contributed by atoms with Crippen LogP contribution in [0.15, 0.2) is 30.5 Å². The van der Waals surface area contributed by atoms with Crippen molar-refractivity contribution in [2.75, 3.05) is 30.3 Å². The Hall–Kier alpha value is -2.71. The van der Waals surface area contributed by atoms with Crippen LogP contribution in [0.2, 0.25) is 0 Å². The molecule has 0 spiro atoms. The van der Waals surface area contributed by atoms with Crippen LogP contribution in [0.3, 0.4) is 0 Å². The van der Waals surface area contributed by atoms with Crippen molar-refractivity contribution in [2.45, 2.75) is 50.5 Å². The van der Waals surface area contributed by atoms with Gasteiger partial charge in [0.2, 0.25) is 0 Å². The van der Waals surface area contributed by atoms with E-state index < -0.39 is 0 Å². The first kappa shape index (κ1) is 18.1. The Morgan fingerprint density at radius 2 is 1.77 bits per heavy atom. The van der Waals surface area contributed by atoms with Gasteiger partial charge >= 0.3 is 0 Å². The molecule has 0 radical (unpaired) electrons. The van der Waals surface area contributed by atoms with Crippen molar-refractivity contribution >= 4 is 22.5 Å². The topological polar surface area (TPSA) is 91.3 Å². The van der Waals surface area contributed by atoms with E-state index in [0.29, 0.717) is 5.82 Å². The maximum atomic E-state index is 6.05. The Balaban J connectivity index is 1.49. The molecule has 0 saturated carbocycles. The van der Waals surface area contributed by atoms with E-state index in [1.165, 1.54) is 0 Å². The van der Waals surface area contributed by atoms with Crippen LogP contribution in [0.5, 0.6) is 0 Å². The van der Waals surface area contributed by atoms with Crippen LogP contribution >= 0.6 is 0 Å². The lowest BCUT2D eigenvalue weighted by Crippen LogP contribution is -2.43. The number of anilines is 2. The van der Waals surface area contributed by atoms with Crippen LogP contribution < -0.4 is 10.6 Å². The maximum absolute atomic E-state index is 6.05. The maximum Gasteiger partial charge on any atom is 0.166 e. The fraction of sp³-hybridized carbons (Fsp3) is 0.500. The molecular formula is C22H26N6O2. The van der Waals surface area contributed by atoms with Gasteiger partial charge in [0, 0.05) is 30.9 Å². The molecule has 2 aromatic heterocycles. The summed E-state index contributed by atoms with van der Waals surface area (Å²) in [6, 6.07) is 7.72. The van der Waals surface area contributed by atoms with Gasteiger partial charge in [0.15, 0.2) is 17.7 Å². The number of ether oxygens (including phenoxy) is 2. The highest BCUT2D eigenvalue weighted by Crippen LogP contribution is 2.35. The number of benzene rings is 1. The highest BCUT2D eigenvalue weighted by atomic mass is 16.5. The van der Waals surface area contributed by atoms with Crippen molar-refractivity contribution in [3.05, 3.63) is 30.5 Å². The zero-order valence-electron chi connectivity index (χ0n) is 16.9. The molecule has 8 nitrogen and oxygen atoms in total. The second-order valence-corrected chi connectivity index (χ2v) is 8.50. The van der Waals surface area contributed by atoms with Gasteiger partial charge in [-0.25, -0.2) is 14.6 Å². The number of nitrogens with zero attached hydrogens (tertiary/aromatic N) is 5. The van der Waals surface area contributed by atoms with Crippen LogP contribution in [0.25, 0.3) is 22.4 Å². The number of nitrogen functional groups attached to an aromatic ring is 1. The lowest BCUT2D eigenvalue weighted by atomic mass is 10.2. The zero-order valence-corrected chi connectivity index (χ0v) is 16.9. The van der Waals surface area contributed by atoms with Crippen molar-refractivity contribution in [3.63, 3.8) is 0 Å². The molecule has 8 heteroatoms. The Labute approximate surface area is 175 Å². The molecule has 156 valence electrons. The summed E-state index contributed by atoms with van der Waals surface area (Å²) in [4.78, 5) is 12.3. The number of morpholine rings is 1. The van der Waals surface area contributed by atoms with Gasteiger partial charge < -0.3 is 20.1 Å². The van der Waals surface area contributed by atoms with E-state index in [1.54, 1.807) is 0 Å². The van der Waals surface area contributed by atoms with Crippen molar-refractivity contribution in [1.82, 2.24) is 19.7 Å². The van der Waals surface area contributed by atoms with Crippen LogP contribution in [0.4, 0.5) is 11.5 Å². The molecule has 5 heterocycles. The minimum absolute atomic E-state index is 0.0702. The van der Waals surface area contributed by atoms with Gasteiger partial charge in [0.25, 0.3) is 0 Å². The summed E-state index contributed by atoms with van der Waals surface area (Å²) in [5, 5.41) is 5.66. The van der Waals surface area contributed by atoms with Gasteiger partial charge in [-0.2, -0.15) is 5.10 Å². The number of hydrogen-bond acceptors (Lipinski definition) is 7. The summed E-state index contributed by atoms with van der Waals surface area (Å²) in [5.74, 6) is 1.63. The fourth-order valence-corrected chi connectivity index (χ4v) is 4.83. The van der Waals surface area contributed by atoms with Crippen molar-refractivity contribution in [3.8, 4) is 11.4 Å². The van der Waals surface area contributed by atoms with Gasteiger partial charge in [-0.15, -0.1) is 0 Å². The molecule has 2 N–H and O–H groups in total. The second kappa shape index (κ2) is 7.21. The average Bonchev–Trinajstić information content (AvgIpc) is 3.36. The highest BCUT2D eigenvalue weighted by Gasteiger charge is 2.35. The molecular weight excluding hydrogens is 380 g/mol. The van der Waals surface area contributed by atoms with E-state index in [2.05, 4.69) is 10.00 Å². The number of aromatic nitrogens is 4. The summed E-state index contributed by atoms with van der Waals surface area (Å²) < 4.78 is 14.0. The van der Waals surface area contributed by atoms with Crippen molar-refractivity contribution in [1.29, 1.82) is 0 Å². The van der Waals surface area contributed by atoms with E-state index in [9.17, 15) is 0 Å². The molecule has 3 atom stereocenters. The van der Waals surface area contributed by atoms with Crippen LogP contribution in [0, 0.1) is 0 Å². The smallest absolute Gasteiger partial charge is 0.166 e. The summed E-state index contributed by atoms with van der Waals surface area (Å²) in [6.07, 6.45) is 7.83.